The predicted octanol–water partition coefficient (Wildman–Crippen LogP) is 4.36. The molecule has 3 heterocycles. The molecule has 5 aromatic rings. The number of nitrogens with one attached hydrogen (secondary N) is 1. The van der Waals surface area contributed by atoms with Gasteiger partial charge >= 0.3 is 0 Å². The maximum Gasteiger partial charge on any atom is 0.275 e. The van der Waals surface area contributed by atoms with Gasteiger partial charge in [-0.25, -0.2) is 31.1 Å². The number of nitrogens with zero attached hydrogens (tertiary/aromatic N) is 4. The standard InChI is InChI=1S/C25H19F2N5O3S/c1-15-3-6-17(7-4-15)36(34,35)32-10-9-18-20(13-31(2)25(33)23(18)32)19-12-28-14-29-24(19)30-22-8-5-16(26)11-21(22)27/h3-14H,1-2H3,(H,28,29,30). The van der Waals surface area contributed by atoms with Crippen LogP contribution >= 0.6 is 0 Å². The van der Waals surface area contributed by atoms with Crippen LogP contribution in [0.3, 0.4) is 0 Å². The third kappa shape index (κ3) is 3.93. The lowest BCUT2D eigenvalue weighted by atomic mass is 10.1. The monoisotopic (exact) mass is 507 g/mol. The smallest absolute Gasteiger partial charge is 0.275 e. The average molecular weight is 508 g/mol. The minimum Gasteiger partial charge on any atom is -0.337 e. The molecule has 11 heteroatoms. The minimum atomic E-state index is -4.07. The molecule has 0 atom stereocenters. The fourth-order valence-corrected chi connectivity index (χ4v) is 5.26. The maximum absolute atomic E-state index is 14.3. The summed E-state index contributed by atoms with van der Waals surface area (Å²) >= 11 is 0. The van der Waals surface area contributed by atoms with Crippen LogP contribution in [0.25, 0.3) is 22.0 Å². The third-order valence-corrected chi connectivity index (χ3v) is 7.44. The third-order valence-electron chi connectivity index (χ3n) is 5.75. The van der Waals surface area contributed by atoms with E-state index in [0.717, 1.165) is 21.7 Å². The number of rotatable bonds is 5. The molecular weight excluding hydrogens is 488 g/mol. The van der Waals surface area contributed by atoms with Crippen molar-refractivity contribution in [3.8, 4) is 11.1 Å². The van der Waals surface area contributed by atoms with Crippen LogP contribution in [0.1, 0.15) is 5.56 Å². The van der Waals surface area contributed by atoms with Crippen LogP contribution in [0.15, 0.2) is 83.1 Å². The van der Waals surface area contributed by atoms with Crippen LogP contribution in [0, 0.1) is 18.6 Å². The van der Waals surface area contributed by atoms with Gasteiger partial charge in [0.25, 0.3) is 15.6 Å². The van der Waals surface area contributed by atoms with Gasteiger partial charge in [-0.15, -0.1) is 0 Å². The van der Waals surface area contributed by atoms with Crippen LogP contribution in [-0.4, -0.2) is 26.9 Å². The quantitative estimate of drug-likeness (QED) is 0.380. The first-order chi connectivity index (χ1) is 17.2. The zero-order valence-electron chi connectivity index (χ0n) is 19.1. The minimum absolute atomic E-state index is 0.0167. The van der Waals surface area contributed by atoms with E-state index in [1.807, 2.05) is 6.92 Å². The molecule has 2 aromatic carbocycles. The van der Waals surface area contributed by atoms with Gasteiger partial charge in [-0.3, -0.25) is 4.79 Å². The van der Waals surface area contributed by atoms with Crippen LogP contribution in [0.4, 0.5) is 20.3 Å². The molecule has 0 fully saturated rings. The first kappa shape index (κ1) is 23.4. The molecule has 0 unspecified atom stereocenters. The van der Waals surface area contributed by atoms with Crippen molar-refractivity contribution in [2.24, 2.45) is 7.05 Å². The molecule has 182 valence electrons. The van der Waals surface area contributed by atoms with Gasteiger partial charge in [-0.05, 0) is 37.3 Å². The summed E-state index contributed by atoms with van der Waals surface area (Å²) in [4.78, 5) is 21.4. The molecule has 0 saturated carbocycles. The SMILES string of the molecule is Cc1ccc(S(=O)(=O)n2ccc3c(-c4cncnc4Nc4ccc(F)cc4F)cn(C)c(=O)c32)cc1. The Hall–Kier alpha value is -4.38. The van der Waals surface area contributed by atoms with Crippen LogP contribution in [-0.2, 0) is 17.1 Å². The second-order valence-corrected chi connectivity index (χ2v) is 10.00. The van der Waals surface area contributed by atoms with Crippen molar-refractivity contribution in [1.29, 1.82) is 0 Å². The Morgan fingerprint density at radius 2 is 1.75 bits per heavy atom. The topological polar surface area (TPSA) is 98.9 Å². The van der Waals surface area contributed by atoms with Gasteiger partial charge in [0, 0.05) is 48.2 Å². The Kier molecular flexibility index (Phi) is 5.64. The van der Waals surface area contributed by atoms with Crippen LogP contribution < -0.4 is 10.9 Å². The molecule has 1 N–H and O–H groups in total. The van der Waals surface area contributed by atoms with Crippen molar-refractivity contribution >= 4 is 32.4 Å². The van der Waals surface area contributed by atoms with Gasteiger partial charge in [-0.2, -0.15) is 0 Å². The number of hydrogen-bond acceptors (Lipinski definition) is 6. The summed E-state index contributed by atoms with van der Waals surface area (Å²) in [7, 11) is -2.58. The van der Waals surface area contributed by atoms with E-state index >= 15 is 0 Å². The molecule has 3 aromatic heterocycles. The molecule has 0 spiro atoms. The van der Waals surface area contributed by atoms with Crippen molar-refractivity contribution in [1.82, 2.24) is 18.5 Å². The second kappa shape index (κ2) is 8.68. The lowest BCUT2D eigenvalue weighted by Gasteiger charge is -2.14. The Morgan fingerprint density at radius 1 is 1.00 bits per heavy atom. The number of aryl methyl sites for hydroxylation is 2. The van der Waals surface area contributed by atoms with Gasteiger partial charge in [0.1, 0.15) is 29.3 Å². The highest BCUT2D eigenvalue weighted by atomic mass is 32.2. The molecule has 0 radical (unpaired) electrons. The number of hydrogen-bond donors (Lipinski definition) is 1. The fraction of sp³-hybridized carbons (Fsp3) is 0.0800. The molecule has 0 aliphatic carbocycles. The Labute approximate surface area is 204 Å². The summed E-state index contributed by atoms with van der Waals surface area (Å²) in [6.07, 6.45) is 5.56. The number of halogens is 2. The number of anilines is 2. The Balaban J connectivity index is 1.71. The summed E-state index contributed by atoms with van der Waals surface area (Å²) < 4.78 is 56.7. The summed E-state index contributed by atoms with van der Waals surface area (Å²) in [5.74, 6) is -1.36. The zero-order chi connectivity index (χ0) is 25.6. The summed E-state index contributed by atoms with van der Waals surface area (Å²) in [5.41, 5.74) is 1.12. The van der Waals surface area contributed by atoms with E-state index in [9.17, 15) is 22.0 Å². The summed E-state index contributed by atoms with van der Waals surface area (Å²) in [5, 5.41) is 3.17. The van der Waals surface area contributed by atoms with E-state index in [4.69, 9.17) is 0 Å². The molecule has 0 aliphatic rings. The predicted molar refractivity (Wildman–Crippen MR) is 132 cm³/mol. The molecule has 8 nitrogen and oxygen atoms in total. The molecule has 0 bridgehead atoms. The molecule has 0 amide bonds. The Bertz CT molecular complexity index is 1800. The highest BCUT2D eigenvalue weighted by Crippen LogP contribution is 2.34. The molecular formula is C25H19F2N5O3S. The van der Waals surface area contributed by atoms with Crippen LogP contribution in [0.5, 0.6) is 0 Å². The first-order valence-corrected chi connectivity index (χ1v) is 12.2. The molecule has 0 saturated heterocycles. The molecule has 36 heavy (non-hydrogen) atoms. The number of fused-ring (bicyclic) bond motifs is 1. The lowest BCUT2D eigenvalue weighted by molar-refractivity contribution is 0.585. The van der Waals surface area contributed by atoms with Gasteiger partial charge in [0.05, 0.1) is 10.6 Å². The fourth-order valence-electron chi connectivity index (χ4n) is 3.91. The largest absolute Gasteiger partial charge is 0.337 e. The molecule has 0 aliphatic heterocycles. The second-order valence-electron chi connectivity index (χ2n) is 8.18. The van der Waals surface area contributed by atoms with Crippen molar-refractivity contribution in [2.75, 3.05) is 5.32 Å². The average Bonchev–Trinajstić information content (AvgIpc) is 3.30. The van der Waals surface area contributed by atoms with Crippen molar-refractivity contribution < 1.29 is 17.2 Å². The highest BCUT2D eigenvalue weighted by Gasteiger charge is 2.24. The molecule has 5 rings (SSSR count). The highest BCUT2D eigenvalue weighted by molar-refractivity contribution is 7.90. The number of pyridine rings is 1. The van der Waals surface area contributed by atoms with E-state index in [0.29, 0.717) is 16.5 Å². The summed E-state index contributed by atoms with van der Waals surface area (Å²) in [6, 6.07) is 10.9. The van der Waals surface area contributed by atoms with E-state index in [2.05, 4.69) is 15.3 Å². The van der Waals surface area contributed by atoms with E-state index in [1.165, 1.54) is 60.8 Å². The summed E-state index contributed by atoms with van der Waals surface area (Å²) in [6.45, 7) is 1.84. The van der Waals surface area contributed by atoms with Gasteiger partial charge in [0.15, 0.2) is 0 Å². The van der Waals surface area contributed by atoms with Gasteiger partial charge < -0.3 is 9.88 Å². The lowest BCUT2D eigenvalue weighted by Crippen LogP contribution is -2.22. The van der Waals surface area contributed by atoms with E-state index < -0.39 is 27.2 Å². The van der Waals surface area contributed by atoms with Crippen LogP contribution in [0.2, 0.25) is 0 Å². The van der Waals surface area contributed by atoms with Gasteiger partial charge in [-0.1, -0.05) is 17.7 Å². The van der Waals surface area contributed by atoms with Crippen molar-refractivity contribution in [3.63, 3.8) is 0 Å². The Morgan fingerprint density at radius 3 is 2.47 bits per heavy atom. The van der Waals surface area contributed by atoms with Crippen molar-refractivity contribution in [3.05, 3.63) is 101 Å². The van der Waals surface area contributed by atoms with E-state index in [-0.39, 0.29) is 21.9 Å². The zero-order valence-corrected chi connectivity index (χ0v) is 19.9. The van der Waals surface area contributed by atoms with Gasteiger partial charge in [0.2, 0.25) is 0 Å². The number of aromatic nitrogens is 4. The maximum atomic E-state index is 14.3. The normalized spacial score (nSPS) is 11.7. The van der Waals surface area contributed by atoms with E-state index in [1.54, 1.807) is 12.1 Å². The number of benzene rings is 2. The first-order valence-electron chi connectivity index (χ1n) is 10.7. The van der Waals surface area contributed by atoms with Crippen molar-refractivity contribution in [2.45, 2.75) is 11.8 Å².